The van der Waals surface area contributed by atoms with Crippen molar-refractivity contribution in [2.75, 3.05) is 31.6 Å². The van der Waals surface area contributed by atoms with Gasteiger partial charge in [-0.1, -0.05) is 0 Å². The lowest BCUT2D eigenvalue weighted by Gasteiger charge is -2.39. The van der Waals surface area contributed by atoms with Crippen LogP contribution in [0.1, 0.15) is 19.8 Å². The topological polar surface area (TPSA) is 50.8 Å². The first kappa shape index (κ1) is 15.2. The van der Waals surface area contributed by atoms with Crippen LogP contribution >= 0.6 is 0 Å². The minimum atomic E-state index is -0.588. The molecule has 0 saturated carbocycles. The fourth-order valence-electron chi connectivity index (χ4n) is 3.09. The normalized spacial score (nSPS) is 24.3. The average Bonchev–Trinajstić information content (AvgIpc) is 2.98. The van der Waals surface area contributed by atoms with Crippen molar-refractivity contribution >= 4 is 11.7 Å². The fourth-order valence-corrected chi connectivity index (χ4v) is 3.09. The largest absolute Gasteiger partial charge is 0.347 e. The van der Waals surface area contributed by atoms with Gasteiger partial charge in [0.1, 0.15) is 5.82 Å². The van der Waals surface area contributed by atoms with E-state index in [2.05, 4.69) is 5.32 Å². The van der Waals surface area contributed by atoms with E-state index in [-0.39, 0.29) is 17.8 Å². The number of hydrogen-bond donors (Lipinski definition) is 1. The molecule has 3 rings (SSSR count). The molecule has 2 aliphatic rings. The third kappa shape index (κ3) is 3.23. The van der Waals surface area contributed by atoms with Crippen LogP contribution in [0.3, 0.4) is 0 Å². The molecular weight excluding hydrogens is 287 g/mol. The minimum absolute atomic E-state index is 0.169. The van der Waals surface area contributed by atoms with Crippen LogP contribution in [0.5, 0.6) is 0 Å². The third-order valence-electron chi connectivity index (χ3n) is 4.41. The first-order valence-electron chi connectivity index (χ1n) is 7.66. The quantitative estimate of drug-likeness (QED) is 0.914. The highest BCUT2D eigenvalue weighted by Crippen LogP contribution is 2.34. The number of hydrogen-bond acceptors (Lipinski definition) is 3. The summed E-state index contributed by atoms with van der Waals surface area (Å²) >= 11 is 0. The third-order valence-corrected chi connectivity index (χ3v) is 4.41. The number of nitrogens with zero attached hydrogens (tertiary/aromatic N) is 1. The zero-order valence-corrected chi connectivity index (χ0v) is 12.7. The Balaban J connectivity index is 1.61. The van der Waals surface area contributed by atoms with E-state index in [4.69, 9.17) is 9.47 Å². The van der Waals surface area contributed by atoms with Crippen LogP contribution in [-0.4, -0.2) is 43.0 Å². The number of carbonyl (C=O) groups is 1. The smallest absolute Gasteiger partial charge is 0.321 e. The molecule has 0 spiro atoms. The molecule has 0 unspecified atom stereocenters. The Morgan fingerprint density at radius 2 is 2.00 bits per heavy atom. The molecule has 0 aliphatic carbocycles. The van der Waals surface area contributed by atoms with E-state index in [0.29, 0.717) is 32.0 Å². The number of urea groups is 1. The SMILES string of the molecule is CC1([C@H]2CCCN(C(=O)Nc3ccc(F)cc3)C2)OCCO1. The number of piperidine rings is 1. The molecule has 0 aromatic heterocycles. The van der Waals surface area contributed by atoms with E-state index in [0.717, 1.165) is 12.8 Å². The van der Waals surface area contributed by atoms with Gasteiger partial charge in [-0.05, 0) is 44.0 Å². The van der Waals surface area contributed by atoms with Crippen molar-refractivity contribution in [2.45, 2.75) is 25.6 Å². The molecule has 1 aromatic carbocycles. The Hall–Kier alpha value is -1.66. The molecule has 120 valence electrons. The first-order chi connectivity index (χ1) is 10.6. The Bertz CT molecular complexity index is 529. The van der Waals surface area contributed by atoms with Gasteiger partial charge < -0.3 is 19.7 Å². The molecule has 5 nitrogen and oxygen atoms in total. The summed E-state index contributed by atoms with van der Waals surface area (Å²) < 4.78 is 24.3. The predicted molar refractivity (Wildman–Crippen MR) is 80.0 cm³/mol. The molecule has 2 aliphatic heterocycles. The maximum absolute atomic E-state index is 12.9. The van der Waals surface area contributed by atoms with Crippen LogP contribution in [0.4, 0.5) is 14.9 Å². The summed E-state index contributed by atoms with van der Waals surface area (Å²) in [5.74, 6) is -0.739. The Morgan fingerprint density at radius 1 is 1.32 bits per heavy atom. The van der Waals surface area contributed by atoms with E-state index >= 15 is 0 Å². The van der Waals surface area contributed by atoms with Crippen LogP contribution in [0.15, 0.2) is 24.3 Å². The van der Waals surface area contributed by atoms with Crippen molar-refractivity contribution in [1.82, 2.24) is 4.90 Å². The lowest BCUT2D eigenvalue weighted by Crippen LogP contribution is -2.49. The number of halogens is 1. The second-order valence-corrected chi connectivity index (χ2v) is 5.94. The van der Waals surface area contributed by atoms with E-state index in [1.807, 2.05) is 6.92 Å². The molecule has 0 bridgehead atoms. The molecular formula is C16H21FN2O3. The summed E-state index contributed by atoms with van der Waals surface area (Å²) in [5, 5.41) is 2.80. The highest BCUT2D eigenvalue weighted by Gasteiger charge is 2.42. The van der Waals surface area contributed by atoms with Crippen LogP contribution in [0, 0.1) is 11.7 Å². The van der Waals surface area contributed by atoms with Gasteiger partial charge in [0.15, 0.2) is 5.79 Å². The van der Waals surface area contributed by atoms with Crippen molar-refractivity contribution in [2.24, 2.45) is 5.92 Å². The maximum Gasteiger partial charge on any atom is 0.321 e. The average molecular weight is 308 g/mol. The minimum Gasteiger partial charge on any atom is -0.347 e. The summed E-state index contributed by atoms with van der Waals surface area (Å²) in [6.07, 6.45) is 1.90. The molecule has 0 radical (unpaired) electrons. The van der Waals surface area contributed by atoms with E-state index in [1.165, 1.54) is 12.1 Å². The summed E-state index contributed by atoms with van der Waals surface area (Å²) in [6, 6.07) is 5.60. The van der Waals surface area contributed by atoms with E-state index in [9.17, 15) is 9.18 Å². The molecule has 2 fully saturated rings. The Morgan fingerprint density at radius 3 is 2.68 bits per heavy atom. The lowest BCUT2D eigenvalue weighted by molar-refractivity contribution is -0.189. The maximum atomic E-state index is 12.9. The van der Waals surface area contributed by atoms with Crippen molar-refractivity contribution in [3.8, 4) is 0 Å². The van der Waals surface area contributed by atoms with Crippen molar-refractivity contribution in [1.29, 1.82) is 0 Å². The number of benzene rings is 1. The van der Waals surface area contributed by atoms with Crippen LogP contribution < -0.4 is 5.32 Å². The van der Waals surface area contributed by atoms with Gasteiger partial charge >= 0.3 is 6.03 Å². The first-order valence-corrected chi connectivity index (χ1v) is 7.66. The van der Waals surface area contributed by atoms with E-state index < -0.39 is 5.79 Å². The molecule has 2 saturated heterocycles. The molecule has 22 heavy (non-hydrogen) atoms. The van der Waals surface area contributed by atoms with Gasteiger partial charge in [0.2, 0.25) is 0 Å². The summed E-state index contributed by atoms with van der Waals surface area (Å²) in [5.41, 5.74) is 0.591. The molecule has 1 aromatic rings. The number of anilines is 1. The summed E-state index contributed by atoms with van der Waals surface area (Å²) in [4.78, 5) is 14.1. The molecule has 2 heterocycles. The number of amides is 2. The second kappa shape index (κ2) is 6.22. The van der Waals surface area contributed by atoms with Gasteiger partial charge in [-0.25, -0.2) is 9.18 Å². The standard InChI is InChI=1S/C16H21FN2O3/c1-16(21-9-10-22-16)12-3-2-8-19(11-12)15(20)18-14-6-4-13(17)5-7-14/h4-7,12H,2-3,8-11H2,1H3,(H,18,20)/t12-/m0/s1. The van der Waals surface area contributed by atoms with Gasteiger partial charge in [-0.3, -0.25) is 0 Å². The summed E-state index contributed by atoms with van der Waals surface area (Å²) in [7, 11) is 0. The molecule has 6 heteroatoms. The molecule has 1 atom stereocenters. The van der Waals surface area contributed by atoms with Gasteiger partial charge in [-0.15, -0.1) is 0 Å². The zero-order chi connectivity index (χ0) is 15.6. The lowest BCUT2D eigenvalue weighted by atomic mass is 9.90. The van der Waals surface area contributed by atoms with Crippen molar-refractivity contribution in [3.63, 3.8) is 0 Å². The monoisotopic (exact) mass is 308 g/mol. The highest BCUT2D eigenvalue weighted by molar-refractivity contribution is 5.89. The Kier molecular flexibility index (Phi) is 4.31. The van der Waals surface area contributed by atoms with Crippen LogP contribution in [0.25, 0.3) is 0 Å². The Labute approximate surface area is 129 Å². The highest BCUT2D eigenvalue weighted by atomic mass is 19.1. The fraction of sp³-hybridized carbons (Fsp3) is 0.562. The van der Waals surface area contributed by atoms with Crippen molar-refractivity contribution < 1.29 is 18.7 Å². The van der Waals surface area contributed by atoms with Gasteiger partial charge in [-0.2, -0.15) is 0 Å². The van der Waals surface area contributed by atoms with Crippen LogP contribution in [0.2, 0.25) is 0 Å². The van der Waals surface area contributed by atoms with Gasteiger partial charge in [0.25, 0.3) is 0 Å². The number of carbonyl (C=O) groups excluding carboxylic acids is 1. The number of nitrogens with one attached hydrogen (secondary N) is 1. The number of likely N-dealkylation sites (tertiary alicyclic amines) is 1. The molecule has 2 amide bonds. The van der Waals surface area contributed by atoms with Crippen molar-refractivity contribution in [3.05, 3.63) is 30.1 Å². The van der Waals surface area contributed by atoms with Crippen LogP contribution in [-0.2, 0) is 9.47 Å². The molecule has 1 N–H and O–H groups in total. The van der Waals surface area contributed by atoms with Gasteiger partial charge in [0, 0.05) is 24.7 Å². The number of rotatable bonds is 2. The van der Waals surface area contributed by atoms with Gasteiger partial charge in [0.05, 0.1) is 13.2 Å². The zero-order valence-electron chi connectivity index (χ0n) is 12.7. The second-order valence-electron chi connectivity index (χ2n) is 5.94. The number of ether oxygens (including phenoxy) is 2. The van der Waals surface area contributed by atoms with E-state index in [1.54, 1.807) is 17.0 Å². The predicted octanol–water partition coefficient (Wildman–Crippen LogP) is 2.83. The summed E-state index contributed by atoms with van der Waals surface area (Å²) in [6.45, 7) is 4.47.